The highest BCUT2D eigenvalue weighted by molar-refractivity contribution is 6.31. The first-order chi connectivity index (χ1) is 11.1. The second-order valence-corrected chi connectivity index (χ2v) is 5.34. The first-order valence-corrected chi connectivity index (χ1v) is 7.10. The van der Waals surface area contributed by atoms with Crippen LogP contribution >= 0.6 is 0 Å². The lowest BCUT2D eigenvalue weighted by Crippen LogP contribution is -2.10. The average molecular weight is 310 g/mol. The third-order valence-electron chi connectivity index (χ3n) is 3.56. The van der Waals surface area contributed by atoms with Gasteiger partial charge in [0.15, 0.2) is 0 Å². The predicted molar refractivity (Wildman–Crippen MR) is 87.8 cm³/mol. The molecule has 0 saturated carbocycles. The van der Waals surface area contributed by atoms with E-state index in [1.807, 2.05) is 43.3 Å². The van der Waals surface area contributed by atoms with E-state index in [0.29, 0.717) is 11.3 Å². The van der Waals surface area contributed by atoms with E-state index in [-0.39, 0.29) is 5.57 Å². The summed E-state index contributed by atoms with van der Waals surface area (Å²) in [5, 5.41) is 3.83. The lowest BCUT2D eigenvalue weighted by molar-refractivity contribution is -0.136. The Morgan fingerprint density at radius 2 is 1.78 bits per heavy atom. The van der Waals surface area contributed by atoms with Crippen LogP contribution in [0.25, 0.3) is 6.08 Å². The van der Waals surface area contributed by atoms with Crippen molar-refractivity contribution in [3.05, 3.63) is 71.0 Å². The molecule has 5 heteroatoms. The Labute approximate surface area is 133 Å². The number of benzene rings is 2. The zero-order chi connectivity index (χ0) is 16.4. The molecule has 23 heavy (non-hydrogen) atoms. The Morgan fingerprint density at radius 3 is 2.43 bits per heavy atom. The van der Waals surface area contributed by atoms with E-state index >= 15 is 0 Å². The predicted octanol–water partition coefficient (Wildman–Crippen LogP) is 3.24. The smallest absolute Gasteiger partial charge is 0.368 e. The number of halogens is 1. The van der Waals surface area contributed by atoms with E-state index in [1.165, 1.54) is 12.1 Å². The van der Waals surface area contributed by atoms with E-state index in [1.54, 1.807) is 18.2 Å². The highest BCUT2D eigenvalue weighted by atomic mass is 19.1. The topological polar surface area (TPSA) is 41.9 Å². The maximum Gasteiger partial charge on any atom is 0.368 e. The van der Waals surface area contributed by atoms with Crippen molar-refractivity contribution in [2.45, 2.75) is 0 Å². The van der Waals surface area contributed by atoms with Crippen LogP contribution < -0.4 is 4.90 Å². The van der Waals surface area contributed by atoms with Gasteiger partial charge in [-0.1, -0.05) is 35.5 Å². The third-order valence-corrected chi connectivity index (χ3v) is 3.56. The number of oxime groups is 1. The van der Waals surface area contributed by atoms with Crippen LogP contribution in [0.15, 0.2) is 59.3 Å². The van der Waals surface area contributed by atoms with Crippen molar-refractivity contribution in [2.24, 2.45) is 5.16 Å². The molecule has 0 unspecified atom stereocenters. The molecule has 0 aliphatic carbocycles. The second-order valence-electron chi connectivity index (χ2n) is 5.34. The lowest BCUT2D eigenvalue weighted by atomic mass is 10.00. The summed E-state index contributed by atoms with van der Waals surface area (Å²) in [6, 6.07) is 13.8. The van der Waals surface area contributed by atoms with Crippen molar-refractivity contribution in [1.29, 1.82) is 0 Å². The maximum atomic E-state index is 13.8. The molecule has 0 fully saturated rings. The molecule has 0 amide bonds. The van der Waals surface area contributed by atoms with Crippen LogP contribution in [0.4, 0.5) is 10.1 Å². The van der Waals surface area contributed by atoms with E-state index in [0.717, 1.165) is 11.3 Å². The van der Waals surface area contributed by atoms with E-state index < -0.39 is 11.8 Å². The lowest BCUT2D eigenvalue weighted by Gasteiger charge is -2.12. The van der Waals surface area contributed by atoms with Crippen LogP contribution in [0.2, 0.25) is 0 Å². The molecule has 116 valence electrons. The van der Waals surface area contributed by atoms with E-state index in [2.05, 4.69) is 5.16 Å². The van der Waals surface area contributed by atoms with Gasteiger partial charge in [-0.15, -0.1) is 0 Å². The monoisotopic (exact) mass is 310 g/mol. The van der Waals surface area contributed by atoms with Crippen molar-refractivity contribution >= 4 is 23.4 Å². The number of nitrogens with zero attached hydrogens (tertiary/aromatic N) is 2. The summed E-state index contributed by atoms with van der Waals surface area (Å²) >= 11 is 0. The molecule has 2 aromatic rings. The Morgan fingerprint density at radius 1 is 1.09 bits per heavy atom. The molecule has 0 saturated heterocycles. The minimum absolute atomic E-state index is 0.243. The Balaban J connectivity index is 1.98. The van der Waals surface area contributed by atoms with Gasteiger partial charge in [-0.05, 0) is 24.3 Å². The summed E-state index contributed by atoms with van der Waals surface area (Å²) in [6.45, 7) is 0. The molecular formula is C18H15FN2O2. The SMILES string of the molecule is CN(C)c1ccc(C2=NOC(=O)/C2=C\c2ccccc2F)cc1. The summed E-state index contributed by atoms with van der Waals surface area (Å²) in [5.74, 6) is -0.984. The highest BCUT2D eigenvalue weighted by Crippen LogP contribution is 2.23. The standard InChI is InChI=1S/C18H15FN2O2/c1-21(2)14-9-7-12(8-10-14)17-15(18(22)23-20-17)11-13-5-3-4-6-16(13)19/h3-11H,1-2H3/b15-11-. The van der Waals surface area contributed by atoms with Gasteiger partial charge in [0.25, 0.3) is 0 Å². The van der Waals surface area contributed by atoms with E-state index in [9.17, 15) is 9.18 Å². The largest absolute Gasteiger partial charge is 0.378 e. The number of rotatable bonds is 3. The molecule has 0 N–H and O–H groups in total. The Kier molecular flexibility index (Phi) is 3.93. The van der Waals surface area contributed by atoms with Crippen molar-refractivity contribution in [3.63, 3.8) is 0 Å². The quantitative estimate of drug-likeness (QED) is 0.645. The zero-order valence-electron chi connectivity index (χ0n) is 12.8. The molecule has 1 aliphatic rings. The molecule has 0 aromatic heterocycles. The van der Waals surface area contributed by atoms with Gasteiger partial charge in [0.2, 0.25) is 0 Å². The average Bonchev–Trinajstić information content (AvgIpc) is 2.91. The van der Waals surface area contributed by atoms with Gasteiger partial charge in [0, 0.05) is 30.9 Å². The highest BCUT2D eigenvalue weighted by Gasteiger charge is 2.27. The Hall–Kier alpha value is -2.95. The summed E-state index contributed by atoms with van der Waals surface area (Å²) in [7, 11) is 3.89. The number of anilines is 1. The molecule has 0 spiro atoms. The first-order valence-electron chi connectivity index (χ1n) is 7.10. The number of carbonyl (C=O) groups excluding carboxylic acids is 1. The van der Waals surface area contributed by atoms with Crippen LogP contribution in [0.1, 0.15) is 11.1 Å². The number of hydrogen-bond acceptors (Lipinski definition) is 4. The second kappa shape index (κ2) is 6.04. The fourth-order valence-corrected chi connectivity index (χ4v) is 2.28. The number of carbonyl (C=O) groups is 1. The molecule has 0 radical (unpaired) electrons. The van der Waals surface area contributed by atoms with Crippen molar-refractivity contribution < 1.29 is 14.0 Å². The third kappa shape index (κ3) is 2.99. The molecule has 4 nitrogen and oxygen atoms in total. The zero-order valence-corrected chi connectivity index (χ0v) is 12.8. The van der Waals surface area contributed by atoms with Crippen molar-refractivity contribution in [1.82, 2.24) is 0 Å². The van der Waals surface area contributed by atoms with Gasteiger partial charge in [0.05, 0.1) is 5.57 Å². The van der Waals surface area contributed by atoms with Gasteiger partial charge in [-0.25, -0.2) is 9.18 Å². The van der Waals surface area contributed by atoms with Gasteiger partial charge < -0.3 is 9.74 Å². The van der Waals surface area contributed by atoms with Crippen LogP contribution in [0.5, 0.6) is 0 Å². The van der Waals surface area contributed by atoms with Crippen LogP contribution in [0, 0.1) is 5.82 Å². The fourth-order valence-electron chi connectivity index (χ4n) is 2.28. The van der Waals surface area contributed by atoms with Gasteiger partial charge >= 0.3 is 5.97 Å². The van der Waals surface area contributed by atoms with Crippen molar-refractivity contribution in [2.75, 3.05) is 19.0 Å². The molecule has 3 rings (SSSR count). The summed E-state index contributed by atoms with van der Waals surface area (Å²) in [6.07, 6.45) is 1.46. The van der Waals surface area contributed by atoms with Crippen LogP contribution in [0.3, 0.4) is 0 Å². The van der Waals surface area contributed by atoms with Crippen LogP contribution in [-0.2, 0) is 9.63 Å². The molecule has 0 bridgehead atoms. The normalized spacial score (nSPS) is 15.5. The number of hydrogen-bond donors (Lipinski definition) is 0. The minimum atomic E-state index is -0.583. The molecule has 1 heterocycles. The van der Waals surface area contributed by atoms with Crippen LogP contribution in [-0.4, -0.2) is 25.8 Å². The molecule has 1 aliphatic heterocycles. The van der Waals surface area contributed by atoms with Gasteiger partial charge in [0.1, 0.15) is 11.5 Å². The maximum absolute atomic E-state index is 13.8. The van der Waals surface area contributed by atoms with Gasteiger partial charge in [-0.2, -0.15) is 0 Å². The minimum Gasteiger partial charge on any atom is -0.378 e. The van der Waals surface area contributed by atoms with Crippen molar-refractivity contribution in [3.8, 4) is 0 Å². The first kappa shape index (κ1) is 15.0. The van der Waals surface area contributed by atoms with E-state index in [4.69, 9.17) is 4.84 Å². The molecular weight excluding hydrogens is 295 g/mol. The Bertz CT molecular complexity index is 808. The fraction of sp³-hybridized carbons (Fsp3) is 0.111. The summed E-state index contributed by atoms with van der Waals surface area (Å²) in [4.78, 5) is 18.7. The molecule has 2 aromatic carbocycles. The molecule has 0 atom stereocenters. The summed E-state index contributed by atoms with van der Waals surface area (Å²) in [5.41, 5.74) is 2.73. The van der Waals surface area contributed by atoms with Gasteiger partial charge in [-0.3, -0.25) is 0 Å². The summed E-state index contributed by atoms with van der Waals surface area (Å²) < 4.78 is 13.8.